The average Bonchev–Trinajstić information content (AvgIpc) is 3.13. The minimum atomic E-state index is -0.976. The van der Waals surface area contributed by atoms with E-state index in [1.807, 2.05) is 19.9 Å². The Kier molecular flexibility index (Phi) is 6.54. The SMILES string of the molecule is Cc1ccc(C(=O)NCC(=O)O[C@H](C)C(=O)NCc2ccco2)cc1C. The largest absolute Gasteiger partial charge is 0.467 e. The molecule has 7 heteroatoms. The van der Waals surface area contributed by atoms with Crippen LogP contribution in [0.1, 0.15) is 34.2 Å². The van der Waals surface area contributed by atoms with Crippen LogP contribution in [0.2, 0.25) is 0 Å². The van der Waals surface area contributed by atoms with Crippen molar-refractivity contribution in [1.82, 2.24) is 10.6 Å². The summed E-state index contributed by atoms with van der Waals surface area (Å²) in [4.78, 5) is 35.8. The Morgan fingerprint density at radius 2 is 1.88 bits per heavy atom. The monoisotopic (exact) mass is 358 g/mol. The molecule has 7 nitrogen and oxygen atoms in total. The van der Waals surface area contributed by atoms with E-state index in [9.17, 15) is 14.4 Å². The molecule has 0 unspecified atom stereocenters. The predicted octanol–water partition coefficient (Wildman–Crippen LogP) is 1.87. The zero-order valence-electron chi connectivity index (χ0n) is 15.0. The van der Waals surface area contributed by atoms with Crippen molar-refractivity contribution in [2.45, 2.75) is 33.4 Å². The van der Waals surface area contributed by atoms with Gasteiger partial charge in [0.05, 0.1) is 12.8 Å². The quantitative estimate of drug-likeness (QED) is 0.737. The number of nitrogens with one attached hydrogen (secondary N) is 2. The highest BCUT2D eigenvalue weighted by Gasteiger charge is 2.18. The van der Waals surface area contributed by atoms with Crippen LogP contribution in [0.3, 0.4) is 0 Å². The molecule has 2 aromatic rings. The number of aryl methyl sites for hydroxylation is 2. The maximum Gasteiger partial charge on any atom is 0.326 e. The molecule has 1 aromatic heterocycles. The normalized spacial score (nSPS) is 11.5. The fraction of sp³-hybridized carbons (Fsp3) is 0.316. The number of hydrogen-bond acceptors (Lipinski definition) is 5. The second-order valence-corrected chi connectivity index (χ2v) is 5.91. The van der Waals surface area contributed by atoms with Gasteiger partial charge in [-0.3, -0.25) is 14.4 Å². The average molecular weight is 358 g/mol. The summed E-state index contributed by atoms with van der Waals surface area (Å²) in [5, 5.41) is 5.08. The third-order valence-corrected chi connectivity index (χ3v) is 3.86. The minimum absolute atomic E-state index is 0.206. The summed E-state index contributed by atoms with van der Waals surface area (Å²) in [7, 11) is 0. The molecule has 0 saturated heterocycles. The lowest BCUT2D eigenvalue weighted by Crippen LogP contribution is -2.38. The molecule has 26 heavy (non-hydrogen) atoms. The standard InChI is InChI=1S/C19H22N2O5/c1-12-6-7-15(9-13(12)2)19(24)21-11-17(22)26-14(3)18(23)20-10-16-5-4-8-25-16/h4-9,14H,10-11H2,1-3H3,(H,20,23)(H,21,24)/t14-/m1/s1. The van der Waals surface area contributed by atoms with Gasteiger partial charge in [0, 0.05) is 5.56 Å². The highest BCUT2D eigenvalue weighted by Crippen LogP contribution is 2.09. The molecule has 0 saturated carbocycles. The van der Waals surface area contributed by atoms with Gasteiger partial charge in [-0.2, -0.15) is 0 Å². The van der Waals surface area contributed by atoms with E-state index in [1.54, 1.807) is 24.3 Å². The van der Waals surface area contributed by atoms with E-state index in [0.29, 0.717) is 11.3 Å². The van der Waals surface area contributed by atoms with E-state index in [0.717, 1.165) is 11.1 Å². The van der Waals surface area contributed by atoms with Crippen molar-refractivity contribution in [3.8, 4) is 0 Å². The Labute approximate surface area is 151 Å². The molecule has 0 aliphatic carbocycles. The fourth-order valence-corrected chi connectivity index (χ4v) is 2.16. The van der Waals surface area contributed by atoms with Crippen LogP contribution in [0.15, 0.2) is 41.0 Å². The molecule has 0 fully saturated rings. The summed E-state index contributed by atoms with van der Waals surface area (Å²) < 4.78 is 10.1. The van der Waals surface area contributed by atoms with E-state index in [4.69, 9.17) is 9.15 Å². The summed E-state index contributed by atoms with van der Waals surface area (Å²) in [6, 6.07) is 8.71. The van der Waals surface area contributed by atoms with E-state index < -0.39 is 18.0 Å². The van der Waals surface area contributed by atoms with Crippen molar-refractivity contribution < 1.29 is 23.5 Å². The van der Waals surface area contributed by atoms with Crippen LogP contribution in [-0.4, -0.2) is 30.4 Å². The van der Waals surface area contributed by atoms with Gasteiger partial charge in [0.2, 0.25) is 0 Å². The Bertz CT molecular complexity index is 783. The molecule has 0 radical (unpaired) electrons. The highest BCUT2D eigenvalue weighted by atomic mass is 16.5. The number of furan rings is 1. The zero-order chi connectivity index (χ0) is 19.1. The molecule has 1 heterocycles. The molecule has 2 N–H and O–H groups in total. The first-order valence-electron chi connectivity index (χ1n) is 8.22. The number of benzene rings is 1. The number of amides is 2. The molecule has 2 amide bonds. The van der Waals surface area contributed by atoms with Crippen molar-refractivity contribution in [2.75, 3.05) is 6.54 Å². The summed E-state index contributed by atoms with van der Waals surface area (Å²) in [6.07, 6.45) is 0.527. The minimum Gasteiger partial charge on any atom is -0.467 e. The maximum absolute atomic E-state index is 12.1. The second kappa shape index (κ2) is 8.84. The Hall–Kier alpha value is -3.09. The summed E-state index contributed by atoms with van der Waals surface area (Å²) in [6.45, 7) is 5.20. The zero-order valence-corrected chi connectivity index (χ0v) is 15.0. The molecular formula is C19H22N2O5. The van der Waals surface area contributed by atoms with Crippen LogP contribution >= 0.6 is 0 Å². The molecule has 0 spiro atoms. The van der Waals surface area contributed by atoms with Crippen molar-refractivity contribution in [1.29, 1.82) is 0 Å². The first kappa shape index (κ1) is 19.2. The smallest absolute Gasteiger partial charge is 0.326 e. The van der Waals surface area contributed by atoms with E-state index in [1.165, 1.54) is 13.2 Å². The number of hydrogen-bond donors (Lipinski definition) is 2. The predicted molar refractivity (Wildman–Crippen MR) is 94.4 cm³/mol. The van der Waals surface area contributed by atoms with E-state index in [-0.39, 0.29) is 19.0 Å². The van der Waals surface area contributed by atoms with Crippen molar-refractivity contribution in [3.05, 3.63) is 59.0 Å². The number of rotatable bonds is 7. The van der Waals surface area contributed by atoms with Gasteiger partial charge in [0.15, 0.2) is 6.10 Å². The first-order valence-corrected chi connectivity index (χ1v) is 8.22. The Morgan fingerprint density at radius 3 is 2.54 bits per heavy atom. The van der Waals surface area contributed by atoms with Crippen LogP contribution in [0.4, 0.5) is 0 Å². The lowest BCUT2D eigenvalue weighted by atomic mass is 10.1. The summed E-state index contributed by atoms with van der Waals surface area (Å²) in [5.41, 5.74) is 2.53. The number of carbonyl (C=O) groups excluding carboxylic acids is 3. The third kappa shape index (κ3) is 5.47. The molecular weight excluding hydrogens is 336 g/mol. The molecule has 1 atom stereocenters. The molecule has 0 bridgehead atoms. The van der Waals surface area contributed by atoms with Gasteiger partial charge in [0.25, 0.3) is 11.8 Å². The van der Waals surface area contributed by atoms with Gasteiger partial charge in [-0.15, -0.1) is 0 Å². The Morgan fingerprint density at radius 1 is 1.12 bits per heavy atom. The lowest BCUT2D eigenvalue weighted by molar-refractivity contribution is -0.153. The van der Waals surface area contributed by atoms with Crippen LogP contribution in [0.5, 0.6) is 0 Å². The van der Waals surface area contributed by atoms with Crippen LogP contribution < -0.4 is 10.6 Å². The maximum atomic E-state index is 12.1. The molecule has 138 valence electrons. The van der Waals surface area contributed by atoms with Crippen molar-refractivity contribution in [3.63, 3.8) is 0 Å². The van der Waals surface area contributed by atoms with Gasteiger partial charge in [-0.05, 0) is 56.2 Å². The second-order valence-electron chi connectivity index (χ2n) is 5.91. The molecule has 0 aliphatic rings. The summed E-state index contributed by atoms with van der Waals surface area (Å²) >= 11 is 0. The van der Waals surface area contributed by atoms with Crippen LogP contribution in [0, 0.1) is 13.8 Å². The van der Waals surface area contributed by atoms with Crippen LogP contribution in [0.25, 0.3) is 0 Å². The highest BCUT2D eigenvalue weighted by molar-refractivity contribution is 5.96. The van der Waals surface area contributed by atoms with E-state index in [2.05, 4.69) is 10.6 Å². The molecule has 2 rings (SSSR count). The van der Waals surface area contributed by atoms with Gasteiger partial charge < -0.3 is 19.8 Å². The third-order valence-electron chi connectivity index (χ3n) is 3.86. The topological polar surface area (TPSA) is 97.6 Å². The van der Waals surface area contributed by atoms with Crippen molar-refractivity contribution >= 4 is 17.8 Å². The summed E-state index contributed by atoms with van der Waals surface area (Å²) in [5.74, 6) is -0.921. The molecule has 0 aliphatic heterocycles. The van der Waals surface area contributed by atoms with Gasteiger partial charge in [-0.25, -0.2) is 0 Å². The van der Waals surface area contributed by atoms with Gasteiger partial charge in [-0.1, -0.05) is 6.07 Å². The number of ether oxygens (including phenoxy) is 1. The van der Waals surface area contributed by atoms with Crippen LogP contribution in [-0.2, 0) is 20.9 Å². The van der Waals surface area contributed by atoms with E-state index >= 15 is 0 Å². The lowest BCUT2D eigenvalue weighted by Gasteiger charge is -2.13. The number of carbonyl (C=O) groups is 3. The Balaban J connectivity index is 1.75. The van der Waals surface area contributed by atoms with Gasteiger partial charge in [0.1, 0.15) is 12.3 Å². The van der Waals surface area contributed by atoms with Gasteiger partial charge >= 0.3 is 5.97 Å². The first-order chi connectivity index (χ1) is 12.4. The molecule has 1 aromatic carbocycles. The fourth-order valence-electron chi connectivity index (χ4n) is 2.16. The van der Waals surface area contributed by atoms with Crippen molar-refractivity contribution in [2.24, 2.45) is 0 Å². The number of esters is 1.